The maximum atomic E-state index is 10.6. The van der Waals surface area contributed by atoms with Crippen LogP contribution < -0.4 is 4.74 Å². The summed E-state index contributed by atoms with van der Waals surface area (Å²) < 4.78 is 60.1. The van der Waals surface area contributed by atoms with Gasteiger partial charge in [0.05, 0.1) is 130 Å². The Bertz CT molecular complexity index is 758. The van der Waals surface area contributed by atoms with E-state index in [1.54, 1.807) is 12.1 Å². The van der Waals surface area contributed by atoms with E-state index in [0.717, 1.165) is 13.0 Å². The van der Waals surface area contributed by atoms with Crippen molar-refractivity contribution in [3.05, 3.63) is 34.4 Å². The number of ether oxygens (including phenoxy) is 11. The summed E-state index contributed by atoms with van der Waals surface area (Å²) >= 11 is 0. The monoisotopic (exact) mass is 649 g/mol. The molecule has 14 nitrogen and oxygen atoms in total. The van der Waals surface area contributed by atoms with Crippen molar-refractivity contribution in [2.24, 2.45) is 0 Å². The fraction of sp³-hybridized carbons (Fsp3) is 0.806. The van der Waals surface area contributed by atoms with Gasteiger partial charge in [-0.05, 0) is 18.6 Å². The average Bonchev–Trinajstić information content (AvgIpc) is 3.05. The number of hydrogen-bond donors (Lipinski definition) is 0. The molecule has 1 aromatic rings. The van der Waals surface area contributed by atoms with Crippen LogP contribution in [0.2, 0.25) is 0 Å². The molecule has 262 valence electrons. The highest BCUT2D eigenvalue weighted by molar-refractivity contribution is 5.35. The van der Waals surface area contributed by atoms with E-state index in [-0.39, 0.29) is 5.69 Å². The Hall–Kier alpha value is -1.98. The molecule has 0 spiro atoms. The van der Waals surface area contributed by atoms with Gasteiger partial charge in [0.25, 0.3) is 5.69 Å². The predicted molar refractivity (Wildman–Crippen MR) is 166 cm³/mol. The minimum Gasteiger partial charge on any atom is -0.491 e. The third kappa shape index (κ3) is 29.2. The SMILES string of the molecule is CCCCCOCCOCCOCCOCCOCCOCCOCCOCCOCCOCCOc1ccc([N+](=O)[O-])cc1. The summed E-state index contributed by atoms with van der Waals surface area (Å²) in [5.74, 6) is 0.558. The Kier molecular flexibility index (Phi) is 30.4. The molecule has 14 heteroatoms. The number of nitro benzene ring substituents is 1. The smallest absolute Gasteiger partial charge is 0.269 e. The quantitative estimate of drug-likeness (QED) is 0.0596. The fourth-order valence-corrected chi connectivity index (χ4v) is 3.42. The first-order chi connectivity index (χ1) is 22.2. The normalized spacial score (nSPS) is 11.3. The number of unbranched alkanes of at least 4 members (excludes halogenated alkanes) is 2. The number of hydrogen-bond acceptors (Lipinski definition) is 13. The van der Waals surface area contributed by atoms with Crippen molar-refractivity contribution in [3.63, 3.8) is 0 Å². The first-order valence-corrected chi connectivity index (χ1v) is 15.9. The second-order valence-electron chi connectivity index (χ2n) is 9.43. The molecule has 1 aromatic carbocycles. The highest BCUT2D eigenvalue weighted by Gasteiger charge is 2.04. The first kappa shape index (κ1) is 41.0. The first-order valence-electron chi connectivity index (χ1n) is 15.9. The van der Waals surface area contributed by atoms with E-state index in [2.05, 4.69) is 6.92 Å². The minimum absolute atomic E-state index is 0.0273. The summed E-state index contributed by atoms with van der Waals surface area (Å²) in [7, 11) is 0. The van der Waals surface area contributed by atoms with Gasteiger partial charge in [-0.2, -0.15) is 0 Å². The van der Waals surface area contributed by atoms with Crippen molar-refractivity contribution in [1.82, 2.24) is 0 Å². The van der Waals surface area contributed by atoms with Crippen molar-refractivity contribution in [2.45, 2.75) is 26.2 Å². The van der Waals surface area contributed by atoms with E-state index in [9.17, 15) is 10.1 Å². The van der Waals surface area contributed by atoms with Gasteiger partial charge < -0.3 is 52.1 Å². The Morgan fingerprint density at radius 3 is 1.02 bits per heavy atom. The lowest BCUT2D eigenvalue weighted by Gasteiger charge is -2.09. The predicted octanol–water partition coefficient (Wildman–Crippen LogP) is 3.33. The van der Waals surface area contributed by atoms with Crippen LogP contribution in [-0.4, -0.2) is 144 Å². The topological polar surface area (TPSA) is 145 Å². The van der Waals surface area contributed by atoms with E-state index in [1.165, 1.54) is 25.0 Å². The molecular formula is C31H55NO13. The van der Waals surface area contributed by atoms with E-state index in [0.29, 0.717) is 138 Å². The Labute approximate surface area is 267 Å². The third-order valence-corrected chi connectivity index (χ3v) is 5.78. The molecule has 0 saturated heterocycles. The summed E-state index contributed by atoms with van der Waals surface area (Å²) in [5.41, 5.74) is 0.0273. The van der Waals surface area contributed by atoms with Crippen LogP contribution in [-0.2, 0) is 47.4 Å². The van der Waals surface area contributed by atoms with Gasteiger partial charge in [0, 0.05) is 18.7 Å². The molecule has 0 heterocycles. The second kappa shape index (κ2) is 33.4. The standard InChI is InChI=1S/C31H55NO13/c1-2-3-4-9-35-10-11-36-12-13-37-14-15-38-16-17-39-18-19-40-20-21-41-22-23-42-24-25-43-26-27-44-28-29-45-31-7-5-30(6-8-31)32(33)34/h5-8H,2-4,9-29H2,1H3. The maximum absolute atomic E-state index is 10.6. The summed E-state index contributed by atoms with van der Waals surface area (Å²) in [4.78, 5) is 10.2. The molecule has 0 unspecified atom stereocenters. The lowest BCUT2D eigenvalue weighted by atomic mass is 10.3. The molecule has 0 radical (unpaired) electrons. The average molecular weight is 650 g/mol. The van der Waals surface area contributed by atoms with E-state index in [1.807, 2.05) is 0 Å². The highest BCUT2D eigenvalue weighted by Crippen LogP contribution is 2.17. The van der Waals surface area contributed by atoms with Gasteiger partial charge in [-0.25, -0.2) is 0 Å². The Morgan fingerprint density at radius 1 is 0.444 bits per heavy atom. The molecule has 1 rings (SSSR count). The number of benzene rings is 1. The van der Waals surface area contributed by atoms with Gasteiger partial charge >= 0.3 is 0 Å². The minimum atomic E-state index is -0.451. The maximum Gasteiger partial charge on any atom is 0.269 e. The molecular weight excluding hydrogens is 594 g/mol. The van der Waals surface area contributed by atoms with Crippen molar-refractivity contribution in [1.29, 1.82) is 0 Å². The van der Waals surface area contributed by atoms with Gasteiger partial charge in [-0.1, -0.05) is 19.8 Å². The van der Waals surface area contributed by atoms with Crippen LogP contribution in [0.5, 0.6) is 5.75 Å². The molecule has 0 aliphatic rings. The summed E-state index contributed by atoms with van der Waals surface area (Å²) in [6.07, 6.45) is 3.53. The molecule has 0 aliphatic heterocycles. The van der Waals surface area contributed by atoms with E-state index >= 15 is 0 Å². The van der Waals surface area contributed by atoms with Gasteiger partial charge in [0.1, 0.15) is 12.4 Å². The zero-order chi connectivity index (χ0) is 32.3. The van der Waals surface area contributed by atoms with E-state index in [4.69, 9.17) is 52.1 Å². The third-order valence-electron chi connectivity index (χ3n) is 5.78. The largest absolute Gasteiger partial charge is 0.491 e. The van der Waals surface area contributed by atoms with Crippen LogP contribution in [0.3, 0.4) is 0 Å². The molecule has 0 bridgehead atoms. The number of non-ortho nitro benzene ring substituents is 1. The van der Waals surface area contributed by atoms with Gasteiger partial charge in [0.15, 0.2) is 0 Å². The van der Waals surface area contributed by atoms with Crippen LogP contribution in [0.4, 0.5) is 5.69 Å². The molecule has 0 fully saturated rings. The van der Waals surface area contributed by atoms with Crippen molar-refractivity contribution >= 4 is 5.69 Å². The molecule has 0 aromatic heterocycles. The fourth-order valence-electron chi connectivity index (χ4n) is 3.42. The summed E-state index contributed by atoms with van der Waals surface area (Å²) in [6, 6.07) is 5.92. The van der Waals surface area contributed by atoms with E-state index < -0.39 is 4.92 Å². The van der Waals surface area contributed by atoms with Crippen LogP contribution >= 0.6 is 0 Å². The Morgan fingerprint density at radius 2 is 0.733 bits per heavy atom. The van der Waals surface area contributed by atoms with Crippen LogP contribution in [0.15, 0.2) is 24.3 Å². The van der Waals surface area contributed by atoms with Crippen LogP contribution in [0, 0.1) is 10.1 Å². The van der Waals surface area contributed by atoms with Crippen molar-refractivity contribution in [2.75, 3.05) is 139 Å². The number of rotatable bonds is 36. The zero-order valence-electron chi connectivity index (χ0n) is 27.0. The molecule has 0 amide bonds. The number of nitrogens with zero attached hydrogens (tertiary/aromatic N) is 1. The van der Waals surface area contributed by atoms with Crippen molar-refractivity contribution in [3.8, 4) is 5.75 Å². The Balaban J connectivity index is 1.65. The molecule has 0 N–H and O–H groups in total. The van der Waals surface area contributed by atoms with Crippen molar-refractivity contribution < 1.29 is 57.0 Å². The van der Waals surface area contributed by atoms with Gasteiger partial charge in [-0.3, -0.25) is 10.1 Å². The molecule has 0 atom stereocenters. The highest BCUT2D eigenvalue weighted by atomic mass is 16.6. The summed E-state index contributed by atoms with van der Waals surface area (Å²) in [5, 5.41) is 10.6. The molecule has 0 saturated carbocycles. The number of nitro groups is 1. The summed E-state index contributed by atoms with van der Waals surface area (Å²) in [6.45, 7) is 12.9. The lowest BCUT2D eigenvalue weighted by Crippen LogP contribution is -2.15. The van der Waals surface area contributed by atoms with Gasteiger partial charge in [0.2, 0.25) is 0 Å². The van der Waals surface area contributed by atoms with Gasteiger partial charge in [-0.15, -0.1) is 0 Å². The molecule has 0 aliphatic carbocycles. The second-order valence-corrected chi connectivity index (χ2v) is 9.43. The molecule has 45 heavy (non-hydrogen) atoms. The zero-order valence-corrected chi connectivity index (χ0v) is 27.0. The lowest BCUT2D eigenvalue weighted by molar-refractivity contribution is -0.384. The van der Waals surface area contributed by atoms with Crippen LogP contribution in [0.25, 0.3) is 0 Å². The van der Waals surface area contributed by atoms with Crippen LogP contribution in [0.1, 0.15) is 26.2 Å².